The molecule has 0 aliphatic carbocycles. The molecule has 4 aromatic rings. The zero-order valence-electron chi connectivity index (χ0n) is 28.6. The maximum absolute atomic E-state index is 15.1. The molecule has 0 saturated carbocycles. The van der Waals surface area contributed by atoms with Gasteiger partial charge in [0.05, 0.1) is 44.0 Å². The number of nitrogens with zero attached hydrogens (tertiary/aromatic N) is 6. The third-order valence-corrected chi connectivity index (χ3v) is 12.5. The Bertz CT molecular complexity index is 2200. The lowest BCUT2D eigenvalue weighted by Gasteiger charge is -2.42. The average molecular weight is 747 g/mol. The zero-order valence-corrected chi connectivity index (χ0v) is 30.2. The number of piperidine rings is 1. The molecule has 2 amide bonds. The van der Waals surface area contributed by atoms with Crippen LogP contribution in [0, 0.1) is 28.5 Å². The van der Waals surface area contributed by atoms with Gasteiger partial charge in [0.1, 0.15) is 47.0 Å². The zero-order chi connectivity index (χ0) is 36.3. The molecule has 4 aliphatic rings. The van der Waals surface area contributed by atoms with E-state index in [1.54, 1.807) is 24.1 Å². The summed E-state index contributed by atoms with van der Waals surface area (Å²) >= 11 is 8.27. The maximum atomic E-state index is 15.1. The summed E-state index contributed by atoms with van der Waals surface area (Å²) < 4.78 is 43.1. The van der Waals surface area contributed by atoms with Gasteiger partial charge < -0.3 is 30.3 Å². The van der Waals surface area contributed by atoms with Crippen molar-refractivity contribution in [3.63, 3.8) is 0 Å². The van der Waals surface area contributed by atoms with Gasteiger partial charge in [-0.25, -0.2) is 18.6 Å². The molecular formula is C37H37ClF2N8O3S. The van der Waals surface area contributed by atoms with E-state index in [1.165, 1.54) is 6.07 Å². The number of amides is 2. The summed E-state index contributed by atoms with van der Waals surface area (Å²) in [6.45, 7) is 3.18. The van der Waals surface area contributed by atoms with Crippen LogP contribution in [0.5, 0.6) is 11.6 Å². The van der Waals surface area contributed by atoms with Gasteiger partial charge in [-0.2, -0.15) is 10.5 Å². The van der Waals surface area contributed by atoms with Crippen LogP contribution in [0.2, 0.25) is 5.02 Å². The van der Waals surface area contributed by atoms with E-state index in [2.05, 4.69) is 27.3 Å². The Morgan fingerprint density at radius 1 is 1.17 bits per heavy atom. The molecule has 8 rings (SSSR count). The molecule has 6 heterocycles. The van der Waals surface area contributed by atoms with Crippen LogP contribution in [0.3, 0.4) is 0 Å². The maximum Gasteiger partial charge on any atom is 0.317 e. The van der Waals surface area contributed by atoms with E-state index in [0.717, 1.165) is 43.6 Å². The Labute approximate surface area is 308 Å². The second-order valence-corrected chi connectivity index (χ2v) is 15.5. The number of halogens is 3. The number of fused-ring (bicyclic) bond motifs is 2. The molecule has 270 valence electrons. The highest BCUT2D eigenvalue weighted by atomic mass is 35.5. The number of carbonyl (C=O) groups excluding carboxylic acids is 1. The van der Waals surface area contributed by atoms with Gasteiger partial charge in [-0.3, -0.25) is 4.90 Å². The third-order valence-electron chi connectivity index (χ3n) is 11.1. The number of aromatic nitrogens is 1. The summed E-state index contributed by atoms with van der Waals surface area (Å²) in [5, 5.41) is 24.9. The van der Waals surface area contributed by atoms with Crippen LogP contribution >= 0.6 is 22.9 Å². The Morgan fingerprint density at radius 3 is 2.79 bits per heavy atom. The predicted molar refractivity (Wildman–Crippen MR) is 196 cm³/mol. The molecule has 4 aliphatic heterocycles. The van der Waals surface area contributed by atoms with Crippen LogP contribution in [-0.4, -0.2) is 91.6 Å². The van der Waals surface area contributed by atoms with Gasteiger partial charge in [0.2, 0.25) is 5.88 Å². The molecule has 11 nitrogen and oxygen atoms in total. The lowest BCUT2D eigenvalue weighted by Crippen LogP contribution is -2.52. The number of benzene rings is 2. The molecule has 2 aromatic carbocycles. The van der Waals surface area contributed by atoms with Crippen molar-refractivity contribution in [2.75, 3.05) is 63.6 Å². The fourth-order valence-corrected chi connectivity index (χ4v) is 10.0. The number of nitrogens with two attached hydrogens (primary N) is 1. The van der Waals surface area contributed by atoms with Gasteiger partial charge in [-0.05, 0) is 56.3 Å². The lowest BCUT2D eigenvalue weighted by molar-refractivity contribution is 0.110. The molecule has 3 N–H and O–H groups in total. The van der Waals surface area contributed by atoms with Crippen molar-refractivity contribution in [3.8, 4) is 34.9 Å². The number of hydrogen-bond donors (Lipinski definition) is 2. The number of rotatable bonds is 5. The monoisotopic (exact) mass is 746 g/mol. The number of nitrogens with one attached hydrogen (secondary N) is 1. The molecule has 2 unspecified atom stereocenters. The molecule has 0 bridgehead atoms. The van der Waals surface area contributed by atoms with Gasteiger partial charge in [-0.15, -0.1) is 11.3 Å². The second kappa shape index (κ2) is 13.4. The fraction of sp³-hybridized carbons (Fsp3) is 0.459. The first-order valence-corrected chi connectivity index (χ1v) is 18.8. The minimum atomic E-state index is -0.955. The molecule has 3 fully saturated rings. The summed E-state index contributed by atoms with van der Waals surface area (Å²) in [6, 6.07) is 8.85. The van der Waals surface area contributed by atoms with Crippen molar-refractivity contribution in [1.82, 2.24) is 20.1 Å². The van der Waals surface area contributed by atoms with Gasteiger partial charge in [0.15, 0.2) is 0 Å². The van der Waals surface area contributed by atoms with E-state index >= 15 is 4.39 Å². The van der Waals surface area contributed by atoms with Gasteiger partial charge in [0, 0.05) is 56.6 Å². The van der Waals surface area contributed by atoms with Crippen LogP contribution in [0.25, 0.3) is 32.1 Å². The van der Waals surface area contributed by atoms with Crippen molar-refractivity contribution in [1.29, 1.82) is 10.5 Å². The number of anilines is 2. The lowest BCUT2D eigenvalue weighted by atomic mass is 9.94. The summed E-state index contributed by atoms with van der Waals surface area (Å²) in [5.41, 5.74) is 7.95. The molecule has 0 spiro atoms. The molecule has 3 saturated heterocycles. The summed E-state index contributed by atoms with van der Waals surface area (Å²) in [7, 11) is 1.61. The Hall–Kier alpha value is -4.63. The van der Waals surface area contributed by atoms with Crippen molar-refractivity contribution in [2.45, 2.75) is 56.3 Å². The first kappa shape index (κ1) is 34.5. The smallest absolute Gasteiger partial charge is 0.317 e. The summed E-state index contributed by atoms with van der Waals surface area (Å²) in [4.78, 5) is 23.8. The highest BCUT2D eigenvalue weighted by Gasteiger charge is 2.49. The number of hydrogen-bond acceptors (Lipinski definition) is 10. The summed E-state index contributed by atoms with van der Waals surface area (Å²) in [5.74, 6) is -0.0931. The molecule has 2 aromatic heterocycles. The second-order valence-electron chi connectivity index (χ2n) is 14.0. The van der Waals surface area contributed by atoms with E-state index in [1.807, 2.05) is 0 Å². The Kier molecular flexibility index (Phi) is 8.88. The topological polar surface area (TPSA) is 144 Å². The van der Waals surface area contributed by atoms with Gasteiger partial charge in [-0.1, -0.05) is 17.7 Å². The first-order chi connectivity index (χ1) is 25.2. The third kappa shape index (κ3) is 5.51. The number of nitrogen functional groups attached to an aromatic ring is 1. The van der Waals surface area contributed by atoms with Crippen molar-refractivity contribution in [3.05, 3.63) is 40.2 Å². The van der Waals surface area contributed by atoms with E-state index in [0.29, 0.717) is 84.5 Å². The molecule has 3 atom stereocenters. The van der Waals surface area contributed by atoms with Gasteiger partial charge in [0.25, 0.3) is 0 Å². The van der Waals surface area contributed by atoms with Crippen LogP contribution in [0.4, 0.5) is 24.3 Å². The number of pyridine rings is 1. The van der Waals surface area contributed by atoms with Crippen molar-refractivity contribution in [2.24, 2.45) is 0 Å². The number of alkyl halides is 1. The van der Waals surface area contributed by atoms with Crippen molar-refractivity contribution >= 4 is 60.6 Å². The molecule has 15 heteroatoms. The van der Waals surface area contributed by atoms with E-state index in [-0.39, 0.29) is 50.4 Å². The quantitative estimate of drug-likeness (QED) is 0.231. The van der Waals surface area contributed by atoms with Crippen LogP contribution < -0.4 is 25.4 Å². The SMILES string of the molecule is CNC(=O)N1CCCC(N2CCCOc3c(Cl)c(-c4ccc(F)c5sc(N)c(C#N)c45)cc4nc(OCC56CCCN5C[C@H](F)C6)c(C#N)c2c34)C1. The van der Waals surface area contributed by atoms with Crippen molar-refractivity contribution < 1.29 is 23.0 Å². The van der Waals surface area contributed by atoms with Crippen LogP contribution in [-0.2, 0) is 0 Å². The highest BCUT2D eigenvalue weighted by Crippen LogP contribution is 2.51. The number of nitriles is 2. The molecule has 0 radical (unpaired) electrons. The largest absolute Gasteiger partial charge is 0.491 e. The number of likely N-dealkylation sites (tertiary alicyclic amines) is 1. The summed E-state index contributed by atoms with van der Waals surface area (Å²) in [6.07, 6.45) is 3.24. The van der Waals surface area contributed by atoms with Crippen LogP contribution in [0.15, 0.2) is 18.2 Å². The van der Waals surface area contributed by atoms with Gasteiger partial charge >= 0.3 is 6.03 Å². The van der Waals surface area contributed by atoms with E-state index in [9.17, 15) is 19.7 Å². The number of urea groups is 1. The number of thiophene rings is 1. The highest BCUT2D eigenvalue weighted by molar-refractivity contribution is 7.23. The Morgan fingerprint density at radius 2 is 2.00 bits per heavy atom. The molecule has 52 heavy (non-hydrogen) atoms. The predicted octanol–water partition coefficient (Wildman–Crippen LogP) is 6.58. The fourth-order valence-electron chi connectivity index (χ4n) is 8.77. The molecular weight excluding hydrogens is 710 g/mol. The first-order valence-electron chi connectivity index (χ1n) is 17.6. The number of ether oxygens (including phenoxy) is 2. The normalized spacial score (nSPS) is 23.1. The van der Waals surface area contributed by atoms with E-state index in [4.69, 9.17) is 31.8 Å². The van der Waals surface area contributed by atoms with Crippen LogP contribution in [0.1, 0.15) is 49.7 Å². The van der Waals surface area contributed by atoms with E-state index < -0.39 is 17.5 Å². The minimum Gasteiger partial charge on any atom is -0.491 e. The standard InChI is InChI=1S/C37H37ClF2N8O3S/c1-44-36(49)46-9-2-5-21(18-46)48-11-4-12-50-32-29-27(13-23(30(32)38)22-6-7-26(40)33-28(22)24(15-41)34(43)52-33)45-35(25(16-42)31(29)48)51-19-37-8-3-10-47(37)17-20(39)14-37/h6-7,13,20-21H,2-5,8-12,14,17-19,43H2,1H3,(H,44,49)/t20-,21?,37?/m1/s1. The average Bonchev–Trinajstić information content (AvgIpc) is 3.79. The number of carbonyl (C=O) groups is 1. The Balaban J connectivity index is 1.36. The minimum absolute atomic E-state index is 0.110.